The molecule has 1 aliphatic rings. The topological polar surface area (TPSA) is 49.4 Å². The number of amides is 2. The van der Waals surface area contributed by atoms with Crippen LogP contribution in [0.2, 0.25) is 0 Å². The van der Waals surface area contributed by atoms with Crippen LogP contribution in [0.3, 0.4) is 0 Å². The van der Waals surface area contributed by atoms with E-state index in [1.807, 2.05) is 26.0 Å². The molecular weight excluding hydrogens is 320 g/mol. The second-order valence-electron chi connectivity index (χ2n) is 5.79. The molecule has 2 amide bonds. The van der Waals surface area contributed by atoms with E-state index in [9.17, 15) is 9.59 Å². The number of rotatable bonds is 1. The summed E-state index contributed by atoms with van der Waals surface area (Å²) in [6, 6.07) is 4.03. The highest BCUT2D eigenvalue weighted by atomic mass is 79.9. The van der Waals surface area contributed by atoms with Crippen molar-refractivity contribution in [2.45, 2.75) is 39.7 Å². The molecule has 0 atom stereocenters. The molecule has 0 aromatic heterocycles. The van der Waals surface area contributed by atoms with Crippen molar-refractivity contribution in [1.29, 1.82) is 0 Å². The molecule has 0 unspecified atom stereocenters. The van der Waals surface area contributed by atoms with E-state index < -0.39 is 5.54 Å². The molecule has 1 aromatic rings. The third kappa shape index (κ3) is 2.73. The third-order valence-corrected chi connectivity index (χ3v) is 4.07. The molecule has 1 N–H and O–H groups in total. The lowest BCUT2D eigenvalue weighted by molar-refractivity contribution is -0.128. The highest BCUT2D eigenvalue weighted by molar-refractivity contribution is 9.10. The number of carbonyl (C=O) groups is 2. The van der Waals surface area contributed by atoms with E-state index in [2.05, 4.69) is 21.2 Å². The largest absolute Gasteiger partial charge is 0.342 e. The lowest BCUT2D eigenvalue weighted by Gasteiger charge is -2.30. The van der Waals surface area contributed by atoms with Gasteiger partial charge in [0.1, 0.15) is 5.54 Å². The van der Waals surface area contributed by atoms with Gasteiger partial charge >= 0.3 is 0 Å². The second kappa shape index (κ2) is 5.20. The molecule has 1 heterocycles. The van der Waals surface area contributed by atoms with E-state index in [-0.39, 0.29) is 11.8 Å². The van der Waals surface area contributed by atoms with Gasteiger partial charge in [0.15, 0.2) is 0 Å². The number of nitrogens with one attached hydrogen (secondary N) is 1. The van der Waals surface area contributed by atoms with Crippen LogP contribution in [0.4, 0.5) is 5.69 Å². The molecule has 2 rings (SSSR count). The predicted octanol–water partition coefficient (Wildman–Crippen LogP) is 2.70. The Kier molecular flexibility index (Phi) is 3.91. The third-order valence-electron chi connectivity index (χ3n) is 3.46. The van der Waals surface area contributed by atoms with Crippen LogP contribution in [0.1, 0.15) is 31.4 Å². The van der Waals surface area contributed by atoms with Gasteiger partial charge in [-0.25, -0.2) is 0 Å². The smallest absolute Gasteiger partial charge is 0.252 e. The first-order valence-electron chi connectivity index (χ1n) is 6.62. The normalized spacial score (nSPS) is 18.8. The zero-order valence-corrected chi connectivity index (χ0v) is 13.8. The van der Waals surface area contributed by atoms with Gasteiger partial charge in [-0.3, -0.25) is 9.59 Å². The molecule has 1 aliphatic heterocycles. The summed E-state index contributed by atoms with van der Waals surface area (Å²) in [5.74, 6) is -0.178. The Balaban J connectivity index is 2.51. The van der Waals surface area contributed by atoms with Crippen LogP contribution in [0.15, 0.2) is 16.6 Å². The van der Waals surface area contributed by atoms with Crippen LogP contribution in [0.5, 0.6) is 0 Å². The Bertz CT molecular complexity index is 558. The van der Waals surface area contributed by atoms with Gasteiger partial charge in [-0.1, -0.05) is 6.07 Å². The molecule has 1 saturated heterocycles. The fraction of sp³-hybridized carbons (Fsp3) is 0.467. The second-order valence-corrected chi connectivity index (χ2v) is 6.65. The summed E-state index contributed by atoms with van der Waals surface area (Å²) in [5.41, 5.74) is 2.12. The van der Waals surface area contributed by atoms with E-state index in [0.29, 0.717) is 13.0 Å². The lowest BCUT2D eigenvalue weighted by Crippen LogP contribution is -2.53. The van der Waals surface area contributed by atoms with Crippen molar-refractivity contribution in [3.63, 3.8) is 0 Å². The van der Waals surface area contributed by atoms with Gasteiger partial charge in [-0.05, 0) is 60.8 Å². The van der Waals surface area contributed by atoms with E-state index in [1.54, 1.807) is 18.7 Å². The molecule has 20 heavy (non-hydrogen) atoms. The fourth-order valence-electron chi connectivity index (χ4n) is 2.58. The maximum Gasteiger partial charge on any atom is 0.252 e. The number of carbonyl (C=O) groups excluding carboxylic acids is 2. The minimum Gasteiger partial charge on any atom is -0.342 e. The van der Waals surface area contributed by atoms with Gasteiger partial charge in [0.05, 0.1) is 5.69 Å². The minimum absolute atomic E-state index is 0.0870. The number of anilines is 1. The molecule has 0 spiro atoms. The number of hydrogen-bond acceptors (Lipinski definition) is 2. The fourth-order valence-corrected chi connectivity index (χ4v) is 3.47. The van der Waals surface area contributed by atoms with Crippen molar-refractivity contribution in [2.75, 3.05) is 11.4 Å². The molecule has 0 bridgehead atoms. The maximum atomic E-state index is 12.7. The Morgan fingerprint density at radius 2 is 1.90 bits per heavy atom. The molecule has 4 nitrogen and oxygen atoms in total. The number of halogens is 1. The Labute approximate surface area is 127 Å². The number of hydrogen-bond donors (Lipinski definition) is 1. The maximum absolute atomic E-state index is 12.7. The Hall–Kier alpha value is -1.36. The average Bonchev–Trinajstić information content (AvgIpc) is 2.38. The quantitative estimate of drug-likeness (QED) is 0.855. The molecule has 108 valence electrons. The highest BCUT2D eigenvalue weighted by Crippen LogP contribution is 2.33. The summed E-state index contributed by atoms with van der Waals surface area (Å²) in [6.07, 6.45) is 0.314. The van der Waals surface area contributed by atoms with Crippen molar-refractivity contribution < 1.29 is 9.59 Å². The molecule has 0 aliphatic carbocycles. The first-order chi connectivity index (χ1) is 9.22. The van der Waals surface area contributed by atoms with Crippen molar-refractivity contribution >= 4 is 33.4 Å². The van der Waals surface area contributed by atoms with Gasteiger partial charge in [0.2, 0.25) is 5.91 Å². The number of nitrogens with zero attached hydrogens (tertiary/aromatic N) is 1. The summed E-state index contributed by atoms with van der Waals surface area (Å²) in [5, 5.41) is 2.77. The standard InChI is InChI=1S/C15H19BrN2O2/c1-9-7-10(2)13(11(16)8-9)18-6-5-12(19)17-15(3,4)14(18)20/h7-8H,5-6H2,1-4H3,(H,17,19). The summed E-state index contributed by atoms with van der Waals surface area (Å²) in [7, 11) is 0. The molecule has 0 radical (unpaired) electrons. The van der Waals surface area contributed by atoms with Crippen molar-refractivity contribution in [3.8, 4) is 0 Å². The Morgan fingerprint density at radius 1 is 1.25 bits per heavy atom. The van der Waals surface area contributed by atoms with Gasteiger partial charge in [0, 0.05) is 17.4 Å². The van der Waals surface area contributed by atoms with Crippen LogP contribution in [-0.2, 0) is 9.59 Å². The van der Waals surface area contributed by atoms with Crippen molar-refractivity contribution in [2.24, 2.45) is 0 Å². The van der Waals surface area contributed by atoms with Crippen molar-refractivity contribution in [1.82, 2.24) is 5.32 Å². The first-order valence-corrected chi connectivity index (χ1v) is 7.41. The molecule has 1 aromatic carbocycles. The molecule has 5 heteroatoms. The van der Waals surface area contributed by atoms with Crippen molar-refractivity contribution in [3.05, 3.63) is 27.7 Å². The van der Waals surface area contributed by atoms with Crippen LogP contribution in [0.25, 0.3) is 0 Å². The average molecular weight is 339 g/mol. The van der Waals surface area contributed by atoms with E-state index in [1.165, 1.54) is 0 Å². The van der Waals surface area contributed by atoms with Crippen LogP contribution < -0.4 is 10.2 Å². The minimum atomic E-state index is -0.885. The van der Waals surface area contributed by atoms with Gasteiger partial charge in [0.25, 0.3) is 5.91 Å². The Morgan fingerprint density at radius 3 is 2.50 bits per heavy atom. The predicted molar refractivity (Wildman–Crippen MR) is 82.8 cm³/mol. The number of benzene rings is 1. The summed E-state index contributed by atoms with van der Waals surface area (Å²) < 4.78 is 0.883. The monoisotopic (exact) mass is 338 g/mol. The molecular formula is C15H19BrN2O2. The van der Waals surface area contributed by atoms with E-state index in [0.717, 1.165) is 21.3 Å². The zero-order chi connectivity index (χ0) is 15.1. The van der Waals surface area contributed by atoms with Crippen LogP contribution in [-0.4, -0.2) is 23.9 Å². The van der Waals surface area contributed by atoms with Gasteiger partial charge in [-0.2, -0.15) is 0 Å². The summed E-state index contributed by atoms with van der Waals surface area (Å²) >= 11 is 3.54. The van der Waals surface area contributed by atoms with Gasteiger partial charge in [-0.15, -0.1) is 0 Å². The summed E-state index contributed by atoms with van der Waals surface area (Å²) in [4.78, 5) is 26.1. The number of aryl methyl sites for hydroxylation is 2. The highest BCUT2D eigenvalue weighted by Gasteiger charge is 2.38. The SMILES string of the molecule is Cc1cc(C)c(N2CCC(=O)NC(C)(C)C2=O)c(Br)c1. The zero-order valence-electron chi connectivity index (χ0n) is 12.2. The molecule has 0 saturated carbocycles. The van der Waals surface area contributed by atoms with Gasteiger partial charge < -0.3 is 10.2 Å². The van der Waals surface area contributed by atoms with E-state index in [4.69, 9.17) is 0 Å². The van der Waals surface area contributed by atoms with E-state index >= 15 is 0 Å². The molecule has 1 fully saturated rings. The first kappa shape index (κ1) is 15.0. The lowest BCUT2D eigenvalue weighted by atomic mass is 10.0. The van der Waals surface area contributed by atoms with Crippen LogP contribution >= 0.6 is 15.9 Å². The summed E-state index contributed by atoms with van der Waals surface area (Å²) in [6.45, 7) is 7.87. The van der Waals surface area contributed by atoms with Crippen LogP contribution in [0, 0.1) is 13.8 Å².